The van der Waals surface area contributed by atoms with Gasteiger partial charge in [0.1, 0.15) is 5.54 Å². The van der Waals surface area contributed by atoms with Gasteiger partial charge in [-0.1, -0.05) is 0 Å². The molecule has 0 aromatic rings. The molecular weight excluding hydrogens is 238 g/mol. The van der Waals surface area contributed by atoms with Crippen LogP contribution in [0.5, 0.6) is 0 Å². The van der Waals surface area contributed by atoms with Crippen molar-refractivity contribution in [2.75, 3.05) is 19.7 Å². The van der Waals surface area contributed by atoms with Gasteiger partial charge in [0, 0.05) is 18.6 Å². The molecule has 2 fully saturated rings. The summed E-state index contributed by atoms with van der Waals surface area (Å²) >= 11 is 0. The lowest BCUT2D eigenvalue weighted by atomic mass is 9.97. The summed E-state index contributed by atoms with van der Waals surface area (Å²) in [5.74, 6) is 0. The number of nitriles is 1. The largest absolute Gasteiger partial charge is 0.376 e. The first-order valence-electron chi connectivity index (χ1n) is 7.57. The average molecular weight is 265 g/mol. The van der Waals surface area contributed by atoms with E-state index in [1.165, 1.54) is 12.8 Å². The minimum Gasteiger partial charge on any atom is -0.376 e. The molecule has 1 saturated heterocycles. The maximum atomic E-state index is 9.35. The van der Waals surface area contributed by atoms with Crippen LogP contribution in [0.3, 0.4) is 0 Å². The molecule has 108 valence electrons. The van der Waals surface area contributed by atoms with Crippen LogP contribution in [0.1, 0.15) is 46.5 Å². The Morgan fingerprint density at radius 3 is 2.79 bits per heavy atom. The number of hydrogen-bond acceptors (Lipinski definition) is 4. The molecule has 3 unspecified atom stereocenters. The Morgan fingerprint density at radius 2 is 2.16 bits per heavy atom. The third-order valence-corrected chi connectivity index (χ3v) is 4.21. The van der Waals surface area contributed by atoms with Crippen LogP contribution in [0.2, 0.25) is 0 Å². The molecule has 1 aliphatic carbocycles. The van der Waals surface area contributed by atoms with Gasteiger partial charge in [0.05, 0.1) is 18.8 Å². The van der Waals surface area contributed by atoms with Crippen molar-refractivity contribution in [3.63, 3.8) is 0 Å². The lowest BCUT2D eigenvalue weighted by Crippen LogP contribution is -2.48. The maximum absolute atomic E-state index is 9.35. The number of hydrogen-bond donors (Lipinski definition) is 1. The van der Waals surface area contributed by atoms with Crippen LogP contribution < -0.4 is 5.32 Å². The Bertz CT molecular complexity index is 337. The molecule has 1 aliphatic heterocycles. The second-order valence-corrected chi connectivity index (χ2v) is 6.45. The molecule has 0 spiro atoms. The molecule has 4 heteroatoms. The third kappa shape index (κ3) is 4.45. The summed E-state index contributed by atoms with van der Waals surface area (Å²) in [6, 6.07) is 3.54. The Balaban J connectivity index is 1.73. The van der Waals surface area contributed by atoms with Crippen molar-refractivity contribution >= 4 is 0 Å². The third-order valence-electron chi connectivity index (χ3n) is 4.21. The van der Waals surface area contributed by atoms with E-state index >= 15 is 0 Å². The topological polar surface area (TPSA) is 48.3 Å². The molecule has 0 bridgehead atoms. The predicted octanol–water partition coefficient (Wildman–Crippen LogP) is 1.91. The second kappa shape index (κ2) is 6.21. The zero-order valence-electron chi connectivity index (χ0n) is 12.5. The van der Waals surface area contributed by atoms with Crippen LogP contribution in [0.15, 0.2) is 0 Å². The molecule has 1 heterocycles. The van der Waals surface area contributed by atoms with Crippen LogP contribution in [-0.4, -0.2) is 48.3 Å². The molecule has 0 aromatic carbocycles. The summed E-state index contributed by atoms with van der Waals surface area (Å²) in [4.78, 5) is 2.49. The van der Waals surface area contributed by atoms with E-state index in [9.17, 15) is 5.26 Å². The van der Waals surface area contributed by atoms with Crippen molar-refractivity contribution in [1.82, 2.24) is 10.2 Å². The van der Waals surface area contributed by atoms with Gasteiger partial charge >= 0.3 is 0 Å². The van der Waals surface area contributed by atoms with Crippen molar-refractivity contribution in [1.29, 1.82) is 5.26 Å². The van der Waals surface area contributed by atoms with Gasteiger partial charge in [-0.3, -0.25) is 10.2 Å². The summed E-state index contributed by atoms with van der Waals surface area (Å²) in [6.07, 6.45) is 4.80. The van der Waals surface area contributed by atoms with E-state index in [-0.39, 0.29) is 5.54 Å². The van der Waals surface area contributed by atoms with Crippen LogP contribution in [-0.2, 0) is 4.74 Å². The van der Waals surface area contributed by atoms with Crippen molar-refractivity contribution in [3.8, 4) is 6.07 Å². The molecule has 2 rings (SSSR count). The van der Waals surface area contributed by atoms with Gasteiger partial charge in [0.15, 0.2) is 0 Å². The first-order valence-corrected chi connectivity index (χ1v) is 7.57. The monoisotopic (exact) mass is 265 g/mol. The van der Waals surface area contributed by atoms with E-state index in [0.717, 1.165) is 32.5 Å². The highest BCUT2D eigenvalue weighted by molar-refractivity contribution is 5.07. The molecule has 0 radical (unpaired) electrons. The van der Waals surface area contributed by atoms with Gasteiger partial charge in [-0.2, -0.15) is 5.26 Å². The molecule has 0 aromatic heterocycles. The zero-order valence-corrected chi connectivity index (χ0v) is 12.5. The van der Waals surface area contributed by atoms with Gasteiger partial charge in [-0.05, 0) is 53.0 Å². The van der Waals surface area contributed by atoms with E-state index in [2.05, 4.69) is 30.1 Å². The highest BCUT2D eigenvalue weighted by Gasteiger charge is 2.32. The van der Waals surface area contributed by atoms with Crippen molar-refractivity contribution in [2.24, 2.45) is 0 Å². The van der Waals surface area contributed by atoms with Crippen LogP contribution in [0.4, 0.5) is 0 Å². The normalized spacial score (nSPS) is 31.7. The molecule has 0 amide bonds. The predicted molar refractivity (Wildman–Crippen MR) is 75.9 cm³/mol. The van der Waals surface area contributed by atoms with Gasteiger partial charge in [-0.15, -0.1) is 0 Å². The zero-order chi connectivity index (χ0) is 13.9. The van der Waals surface area contributed by atoms with Crippen LogP contribution >= 0.6 is 0 Å². The van der Waals surface area contributed by atoms with Crippen LogP contribution in [0.25, 0.3) is 0 Å². The highest BCUT2D eigenvalue weighted by Crippen LogP contribution is 2.24. The Kier molecular flexibility index (Phi) is 4.83. The fourth-order valence-corrected chi connectivity index (χ4v) is 2.76. The Labute approximate surface area is 117 Å². The minimum atomic E-state index is -0.345. The molecule has 2 aliphatic rings. The number of nitrogens with one attached hydrogen (secondary N) is 1. The minimum absolute atomic E-state index is 0.336. The lowest BCUT2D eigenvalue weighted by Gasteiger charge is -2.37. The first kappa shape index (κ1) is 14.8. The standard InChI is InChI=1S/C15H27N3O/c1-12-10-19-13(2)9-18(12)8-4-7-15(3,11-16)17-14-5-6-14/h12-14,17H,4-10H2,1-3H3. The van der Waals surface area contributed by atoms with E-state index in [1.807, 2.05) is 6.92 Å². The fraction of sp³-hybridized carbons (Fsp3) is 0.933. The summed E-state index contributed by atoms with van der Waals surface area (Å²) in [6.45, 7) is 9.30. The number of ether oxygens (including phenoxy) is 1. The average Bonchev–Trinajstić information content (AvgIpc) is 3.17. The van der Waals surface area contributed by atoms with Gasteiger partial charge in [0.25, 0.3) is 0 Å². The van der Waals surface area contributed by atoms with Gasteiger partial charge in [0.2, 0.25) is 0 Å². The van der Waals surface area contributed by atoms with E-state index < -0.39 is 0 Å². The van der Waals surface area contributed by atoms with E-state index in [0.29, 0.717) is 18.2 Å². The van der Waals surface area contributed by atoms with Crippen molar-refractivity contribution < 1.29 is 4.74 Å². The lowest BCUT2D eigenvalue weighted by molar-refractivity contribution is -0.0499. The number of rotatable bonds is 6. The van der Waals surface area contributed by atoms with Crippen molar-refractivity contribution in [3.05, 3.63) is 0 Å². The molecule has 4 nitrogen and oxygen atoms in total. The van der Waals surface area contributed by atoms with Crippen molar-refractivity contribution in [2.45, 2.75) is 70.2 Å². The number of nitrogens with zero attached hydrogens (tertiary/aromatic N) is 2. The highest BCUT2D eigenvalue weighted by atomic mass is 16.5. The first-order chi connectivity index (χ1) is 9.02. The van der Waals surface area contributed by atoms with E-state index in [4.69, 9.17) is 4.74 Å². The molecule has 1 N–H and O–H groups in total. The molecule has 3 atom stereocenters. The summed E-state index contributed by atoms with van der Waals surface area (Å²) in [7, 11) is 0. The SMILES string of the molecule is CC1CN(CCCC(C)(C#N)NC2CC2)C(C)CO1. The Morgan fingerprint density at radius 1 is 1.42 bits per heavy atom. The summed E-state index contributed by atoms with van der Waals surface area (Å²) in [5, 5.41) is 12.8. The second-order valence-electron chi connectivity index (χ2n) is 6.45. The number of morpholine rings is 1. The van der Waals surface area contributed by atoms with Gasteiger partial charge < -0.3 is 4.74 Å². The molecule has 19 heavy (non-hydrogen) atoms. The smallest absolute Gasteiger partial charge is 0.104 e. The molecular formula is C15H27N3O. The summed E-state index contributed by atoms with van der Waals surface area (Å²) < 4.78 is 5.64. The van der Waals surface area contributed by atoms with Gasteiger partial charge in [-0.25, -0.2) is 0 Å². The maximum Gasteiger partial charge on any atom is 0.104 e. The quantitative estimate of drug-likeness (QED) is 0.797. The van der Waals surface area contributed by atoms with E-state index in [1.54, 1.807) is 0 Å². The molecule has 1 saturated carbocycles. The Hall–Kier alpha value is -0.630. The summed E-state index contributed by atoms with van der Waals surface area (Å²) in [5.41, 5.74) is -0.345. The fourth-order valence-electron chi connectivity index (χ4n) is 2.76. The van der Waals surface area contributed by atoms with Crippen LogP contribution in [0, 0.1) is 11.3 Å².